The Bertz CT molecular complexity index is 1020. The highest BCUT2D eigenvalue weighted by molar-refractivity contribution is 7.17. The molecule has 4 rings (SSSR count). The number of hydrogen-bond donors (Lipinski definition) is 1. The van der Waals surface area contributed by atoms with Gasteiger partial charge in [-0.2, -0.15) is 0 Å². The third kappa shape index (κ3) is 2.81. The molecule has 132 valence electrons. The maximum absolute atomic E-state index is 6.25. The van der Waals surface area contributed by atoms with Gasteiger partial charge in [0.25, 0.3) is 0 Å². The molecule has 1 aliphatic heterocycles. The molecule has 3 aromatic rings. The van der Waals surface area contributed by atoms with Crippen LogP contribution in [0.2, 0.25) is 5.02 Å². The lowest BCUT2D eigenvalue weighted by molar-refractivity contribution is 0.269. The largest absolute Gasteiger partial charge is 0.362 e. The second-order valence-corrected chi connectivity index (χ2v) is 8.43. The molecule has 1 atom stereocenters. The number of thiophene rings is 1. The van der Waals surface area contributed by atoms with Crippen molar-refractivity contribution in [3.05, 3.63) is 83.1 Å². The minimum atomic E-state index is -0.246. The topological polar surface area (TPSA) is 15.3 Å². The molecule has 1 saturated heterocycles. The summed E-state index contributed by atoms with van der Waals surface area (Å²) in [6.45, 7) is 10.6. The summed E-state index contributed by atoms with van der Waals surface area (Å²) in [5.74, 6) is 0.874. The third-order valence-electron chi connectivity index (χ3n) is 5.18. The minimum Gasteiger partial charge on any atom is -0.362 e. The Hall–Kier alpha value is -2.23. The number of fused-ring (bicyclic) bond motifs is 1. The number of hydrogen-bond acceptors (Lipinski definition) is 3. The van der Waals surface area contributed by atoms with Crippen LogP contribution in [0.15, 0.2) is 72.5 Å². The number of nitrogens with zero attached hydrogens (tertiary/aromatic N) is 1. The molecule has 1 fully saturated rings. The SMILES string of the molecule is C=C1C[C@@](C)(c2cc(-c3cccc(Cl)c3)c3sccc3c2)NC(=C)N1C. The number of nitrogens with one attached hydrogen (secondary N) is 1. The highest BCUT2D eigenvalue weighted by Crippen LogP contribution is 2.41. The van der Waals surface area contributed by atoms with Crippen LogP contribution in [0.4, 0.5) is 0 Å². The van der Waals surface area contributed by atoms with E-state index in [1.165, 1.54) is 21.2 Å². The van der Waals surface area contributed by atoms with E-state index in [1.54, 1.807) is 11.3 Å². The Kier molecular flexibility index (Phi) is 4.09. The van der Waals surface area contributed by atoms with Crippen molar-refractivity contribution in [1.82, 2.24) is 10.2 Å². The van der Waals surface area contributed by atoms with Crippen LogP contribution >= 0.6 is 22.9 Å². The lowest BCUT2D eigenvalue weighted by Gasteiger charge is -2.43. The fourth-order valence-electron chi connectivity index (χ4n) is 3.61. The van der Waals surface area contributed by atoms with Crippen molar-refractivity contribution < 1.29 is 0 Å². The molecule has 2 heterocycles. The maximum Gasteiger partial charge on any atom is 0.0985 e. The zero-order chi connectivity index (χ0) is 18.5. The Morgan fingerprint density at radius 3 is 2.73 bits per heavy atom. The van der Waals surface area contributed by atoms with E-state index in [9.17, 15) is 0 Å². The number of benzene rings is 2. The van der Waals surface area contributed by atoms with Gasteiger partial charge < -0.3 is 10.2 Å². The average Bonchev–Trinajstić information content (AvgIpc) is 3.07. The second kappa shape index (κ2) is 6.19. The van der Waals surface area contributed by atoms with Crippen molar-refractivity contribution in [3.8, 4) is 11.1 Å². The van der Waals surface area contributed by atoms with Gasteiger partial charge >= 0.3 is 0 Å². The summed E-state index contributed by atoms with van der Waals surface area (Å²) >= 11 is 8.02. The van der Waals surface area contributed by atoms with Gasteiger partial charge in [0.05, 0.1) is 11.4 Å². The van der Waals surface area contributed by atoms with Gasteiger partial charge in [0.1, 0.15) is 0 Å². The van der Waals surface area contributed by atoms with E-state index in [-0.39, 0.29) is 5.54 Å². The zero-order valence-corrected chi connectivity index (χ0v) is 16.5. The van der Waals surface area contributed by atoms with Gasteiger partial charge in [0.2, 0.25) is 0 Å². The molecule has 0 spiro atoms. The first-order valence-electron chi connectivity index (χ1n) is 8.54. The van der Waals surface area contributed by atoms with Crippen molar-refractivity contribution in [3.63, 3.8) is 0 Å². The number of halogens is 1. The molecular formula is C22H21ClN2S. The van der Waals surface area contributed by atoms with Crippen LogP contribution in [0.5, 0.6) is 0 Å². The molecule has 0 radical (unpaired) electrons. The van der Waals surface area contributed by atoms with Crippen molar-refractivity contribution in [2.45, 2.75) is 18.9 Å². The smallest absolute Gasteiger partial charge is 0.0985 e. The van der Waals surface area contributed by atoms with E-state index >= 15 is 0 Å². The van der Waals surface area contributed by atoms with E-state index < -0.39 is 0 Å². The fraction of sp³-hybridized carbons (Fsp3) is 0.182. The lowest BCUT2D eigenvalue weighted by Crippen LogP contribution is -2.48. The van der Waals surface area contributed by atoms with Crippen molar-refractivity contribution in [2.24, 2.45) is 0 Å². The standard InChI is InChI=1S/C22H21ClN2S/c1-14-13-22(3,24-15(2)25(14)4)18-10-17-8-9-26-21(17)20(12-18)16-6-5-7-19(23)11-16/h5-12,24H,1-2,13H2,3-4H3/t22-/m0/s1. The van der Waals surface area contributed by atoms with E-state index in [4.69, 9.17) is 11.6 Å². The monoisotopic (exact) mass is 380 g/mol. The van der Waals surface area contributed by atoms with E-state index in [2.05, 4.69) is 55.0 Å². The summed E-state index contributed by atoms with van der Waals surface area (Å²) in [5.41, 5.74) is 4.40. The zero-order valence-electron chi connectivity index (χ0n) is 15.0. The lowest BCUT2D eigenvalue weighted by atomic mass is 9.83. The first-order chi connectivity index (χ1) is 12.4. The van der Waals surface area contributed by atoms with Crippen LogP contribution in [-0.2, 0) is 5.54 Å². The van der Waals surface area contributed by atoms with Crippen LogP contribution in [0.25, 0.3) is 21.2 Å². The van der Waals surface area contributed by atoms with Crippen LogP contribution in [0.3, 0.4) is 0 Å². The Morgan fingerprint density at radius 1 is 1.19 bits per heavy atom. The van der Waals surface area contributed by atoms with Crippen LogP contribution in [-0.4, -0.2) is 11.9 Å². The number of rotatable bonds is 2. The molecular weight excluding hydrogens is 360 g/mol. The molecule has 26 heavy (non-hydrogen) atoms. The molecule has 0 unspecified atom stereocenters. The van der Waals surface area contributed by atoms with Crippen LogP contribution < -0.4 is 5.32 Å². The summed E-state index contributed by atoms with van der Waals surface area (Å²) in [5, 5.41) is 7.73. The maximum atomic E-state index is 6.25. The fourth-order valence-corrected chi connectivity index (χ4v) is 4.72. The van der Waals surface area contributed by atoms with Gasteiger partial charge in [-0.15, -0.1) is 11.3 Å². The Balaban J connectivity index is 1.89. The molecule has 2 aromatic carbocycles. The van der Waals surface area contributed by atoms with E-state index in [0.717, 1.165) is 28.5 Å². The van der Waals surface area contributed by atoms with Gasteiger partial charge in [-0.05, 0) is 64.7 Å². The van der Waals surface area contributed by atoms with Gasteiger partial charge in [-0.25, -0.2) is 0 Å². The minimum absolute atomic E-state index is 0.246. The summed E-state index contributed by atoms with van der Waals surface area (Å²) in [4.78, 5) is 2.02. The predicted molar refractivity (Wildman–Crippen MR) is 113 cm³/mol. The van der Waals surface area contributed by atoms with Gasteiger partial charge in [0.15, 0.2) is 0 Å². The third-order valence-corrected chi connectivity index (χ3v) is 6.38. The predicted octanol–water partition coefficient (Wildman–Crippen LogP) is 6.35. The van der Waals surface area contributed by atoms with E-state index in [1.807, 2.05) is 30.1 Å². The summed E-state index contributed by atoms with van der Waals surface area (Å²) < 4.78 is 1.28. The van der Waals surface area contributed by atoms with Gasteiger partial charge in [0, 0.05) is 28.9 Å². The van der Waals surface area contributed by atoms with Crippen LogP contribution in [0, 0.1) is 0 Å². The summed E-state index contributed by atoms with van der Waals surface area (Å²) in [7, 11) is 2.00. The normalized spacial score (nSPS) is 20.5. The molecule has 0 amide bonds. The quantitative estimate of drug-likeness (QED) is 0.557. The van der Waals surface area contributed by atoms with Gasteiger partial charge in [-0.1, -0.05) is 36.9 Å². The molecule has 2 nitrogen and oxygen atoms in total. The van der Waals surface area contributed by atoms with Crippen LogP contribution in [0.1, 0.15) is 18.9 Å². The average molecular weight is 381 g/mol. The second-order valence-electron chi connectivity index (χ2n) is 7.08. The Morgan fingerprint density at radius 2 is 2.00 bits per heavy atom. The van der Waals surface area contributed by atoms with Gasteiger partial charge in [-0.3, -0.25) is 0 Å². The Labute approximate surface area is 163 Å². The molecule has 4 heteroatoms. The first kappa shape index (κ1) is 17.2. The molecule has 1 aliphatic rings. The van der Waals surface area contributed by atoms with Crippen molar-refractivity contribution >= 4 is 33.0 Å². The highest BCUT2D eigenvalue weighted by Gasteiger charge is 2.34. The summed E-state index contributed by atoms with van der Waals surface area (Å²) in [6, 6.07) is 14.8. The molecule has 0 saturated carbocycles. The van der Waals surface area contributed by atoms with Crippen molar-refractivity contribution in [2.75, 3.05) is 7.05 Å². The molecule has 0 bridgehead atoms. The molecule has 1 N–H and O–H groups in total. The molecule has 1 aromatic heterocycles. The van der Waals surface area contributed by atoms with Crippen molar-refractivity contribution in [1.29, 1.82) is 0 Å². The molecule has 0 aliphatic carbocycles. The summed E-state index contributed by atoms with van der Waals surface area (Å²) in [6.07, 6.45) is 0.827. The van der Waals surface area contributed by atoms with E-state index in [0.29, 0.717) is 0 Å². The first-order valence-corrected chi connectivity index (χ1v) is 9.79. The highest BCUT2D eigenvalue weighted by atomic mass is 35.5.